The van der Waals surface area contributed by atoms with Gasteiger partial charge in [0.1, 0.15) is 5.69 Å². The maximum Gasteiger partial charge on any atom is 0.335 e. The molecule has 1 aliphatic heterocycles. The van der Waals surface area contributed by atoms with Crippen LogP contribution in [-0.4, -0.2) is 45.2 Å². The Hall–Kier alpha value is -2.63. The van der Waals surface area contributed by atoms with E-state index in [9.17, 15) is 9.59 Å². The number of aromatic amines is 1. The van der Waals surface area contributed by atoms with Crippen molar-refractivity contribution in [2.75, 3.05) is 13.1 Å². The Kier molecular flexibility index (Phi) is 4.14. The standard InChI is InChI=1S/C17H19N3O3/c1-11-8-15(19-18-11)16(21)20-7-6-13(10-20)9-12-2-4-14(5-3-12)17(22)23/h2-5,8,13H,6-7,9-10H2,1H3,(H,18,19)(H,22,23)/t13-/m0/s1. The highest BCUT2D eigenvalue weighted by molar-refractivity contribution is 5.92. The van der Waals surface area contributed by atoms with Gasteiger partial charge in [0, 0.05) is 18.8 Å². The lowest BCUT2D eigenvalue weighted by atomic mass is 9.98. The van der Waals surface area contributed by atoms with Gasteiger partial charge in [0.25, 0.3) is 5.91 Å². The predicted octanol–water partition coefficient (Wildman–Crippen LogP) is 2.12. The van der Waals surface area contributed by atoms with Crippen LogP contribution in [0.4, 0.5) is 0 Å². The molecule has 0 spiro atoms. The Balaban J connectivity index is 1.59. The van der Waals surface area contributed by atoms with Gasteiger partial charge in [-0.1, -0.05) is 12.1 Å². The number of benzene rings is 1. The zero-order valence-corrected chi connectivity index (χ0v) is 13.0. The van der Waals surface area contributed by atoms with E-state index >= 15 is 0 Å². The molecule has 0 bridgehead atoms. The normalized spacial score (nSPS) is 17.4. The molecule has 0 saturated carbocycles. The van der Waals surface area contributed by atoms with Crippen molar-refractivity contribution in [3.05, 3.63) is 52.8 Å². The second-order valence-electron chi connectivity index (χ2n) is 6.05. The van der Waals surface area contributed by atoms with E-state index in [4.69, 9.17) is 5.11 Å². The van der Waals surface area contributed by atoms with Crippen LogP contribution in [0.3, 0.4) is 0 Å². The fourth-order valence-corrected chi connectivity index (χ4v) is 2.99. The Morgan fingerprint density at radius 1 is 1.35 bits per heavy atom. The average molecular weight is 313 g/mol. The summed E-state index contributed by atoms with van der Waals surface area (Å²) in [7, 11) is 0. The van der Waals surface area contributed by atoms with Crippen molar-refractivity contribution < 1.29 is 14.7 Å². The fourth-order valence-electron chi connectivity index (χ4n) is 2.99. The summed E-state index contributed by atoms with van der Waals surface area (Å²) in [6.45, 7) is 3.32. The number of carboxylic acids is 1. The quantitative estimate of drug-likeness (QED) is 0.905. The number of aryl methyl sites for hydroxylation is 1. The number of rotatable bonds is 4. The van der Waals surface area contributed by atoms with Gasteiger partial charge >= 0.3 is 5.97 Å². The molecule has 23 heavy (non-hydrogen) atoms. The number of aromatic carboxylic acids is 1. The summed E-state index contributed by atoms with van der Waals surface area (Å²) in [4.78, 5) is 25.1. The molecule has 1 amide bonds. The van der Waals surface area contributed by atoms with Crippen LogP contribution in [0.15, 0.2) is 30.3 Å². The number of hydrogen-bond acceptors (Lipinski definition) is 3. The van der Waals surface area contributed by atoms with Gasteiger partial charge in [0.15, 0.2) is 0 Å². The lowest BCUT2D eigenvalue weighted by Crippen LogP contribution is -2.29. The zero-order valence-electron chi connectivity index (χ0n) is 13.0. The number of aromatic nitrogens is 2. The molecule has 1 aliphatic rings. The molecule has 1 saturated heterocycles. The van der Waals surface area contributed by atoms with E-state index in [0.29, 0.717) is 23.7 Å². The number of carbonyl (C=O) groups is 2. The SMILES string of the molecule is Cc1cc(C(=O)N2CC[C@@H](Cc3ccc(C(=O)O)cc3)C2)n[nH]1. The van der Waals surface area contributed by atoms with Crippen LogP contribution >= 0.6 is 0 Å². The molecule has 6 nitrogen and oxygen atoms in total. The highest BCUT2D eigenvalue weighted by Crippen LogP contribution is 2.22. The van der Waals surface area contributed by atoms with Crippen molar-refractivity contribution in [2.24, 2.45) is 5.92 Å². The molecule has 1 atom stereocenters. The maximum absolute atomic E-state index is 12.4. The van der Waals surface area contributed by atoms with E-state index in [1.165, 1.54) is 0 Å². The summed E-state index contributed by atoms with van der Waals surface area (Å²) in [5.74, 6) is -0.545. The van der Waals surface area contributed by atoms with Crippen molar-refractivity contribution in [2.45, 2.75) is 19.8 Å². The largest absolute Gasteiger partial charge is 0.478 e. The first-order valence-electron chi connectivity index (χ1n) is 7.66. The number of carbonyl (C=O) groups excluding carboxylic acids is 1. The smallest absolute Gasteiger partial charge is 0.335 e. The van der Waals surface area contributed by atoms with Crippen molar-refractivity contribution in [1.82, 2.24) is 15.1 Å². The van der Waals surface area contributed by atoms with Crippen molar-refractivity contribution in [3.63, 3.8) is 0 Å². The molecule has 2 N–H and O–H groups in total. The van der Waals surface area contributed by atoms with E-state index in [0.717, 1.165) is 30.6 Å². The van der Waals surface area contributed by atoms with Crippen LogP contribution in [0, 0.1) is 12.8 Å². The topological polar surface area (TPSA) is 86.3 Å². The van der Waals surface area contributed by atoms with Crippen molar-refractivity contribution in [3.8, 4) is 0 Å². The van der Waals surface area contributed by atoms with E-state index < -0.39 is 5.97 Å². The second-order valence-corrected chi connectivity index (χ2v) is 6.05. The monoisotopic (exact) mass is 313 g/mol. The third-order valence-electron chi connectivity index (χ3n) is 4.22. The Labute approximate surface area is 134 Å². The van der Waals surface area contributed by atoms with E-state index in [-0.39, 0.29) is 5.91 Å². The predicted molar refractivity (Wildman–Crippen MR) is 84.4 cm³/mol. The number of H-pyrrole nitrogens is 1. The highest BCUT2D eigenvalue weighted by atomic mass is 16.4. The number of nitrogens with zero attached hydrogens (tertiary/aromatic N) is 2. The zero-order chi connectivity index (χ0) is 16.4. The van der Waals surface area contributed by atoms with Gasteiger partial charge in [0.2, 0.25) is 0 Å². The van der Waals surface area contributed by atoms with Crippen LogP contribution < -0.4 is 0 Å². The lowest BCUT2D eigenvalue weighted by Gasteiger charge is -2.15. The summed E-state index contributed by atoms with van der Waals surface area (Å²) < 4.78 is 0. The third kappa shape index (κ3) is 3.41. The molecule has 1 fully saturated rings. The van der Waals surface area contributed by atoms with Gasteiger partial charge in [-0.2, -0.15) is 5.10 Å². The highest BCUT2D eigenvalue weighted by Gasteiger charge is 2.28. The first-order chi connectivity index (χ1) is 11.0. The van der Waals surface area contributed by atoms with Crippen LogP contribution in [0.5, 0.6) is 0 Å². The summed E-state index contributed by atoms with van der Waals surface area (Å²) in [6.07, 6.45) is 1.80. The van der Waals surface area contributed by atoms with Crippen LogP contribution in [0.25, 0.3) is 0 Å². The second kappa shape index (κ2) is 6.24. The molecule has 2 heterocycles. The molecule has 0 aliphatic carbocycles. The molecule has 1 aromatic heterocycles. The Morgan fingerprint density at radius 3 is 2.70 bits per heavy atom. The Bertz CT molecular complexity index is 721. The molecular formula is C17H19N3O3. The van der Waals surface area contributed by atoms with Gasteiger partial charge < -0.3 is 10.0 Å². The molecule has 6 heteroatoms. The van der Waals surface area contributed by atoms with Crippen LogP contribution in [0.2, 0.25) is 0 Å². The minimum Gasteiger partial charge on any atom is -0.478 e. The number of hydrogen-bond donors (Lipinski definition) is 2. The lowest BCUT2D eigenvalue weighted by molar-refractivity contribution is 0.0696. The molecule has 0 unspecified atom stereocenters. The fraction of sp³-hybridized carbons (Fsp3) is 0.353. The number of likely N-dealkylation sites (tertiary alicyclic amines) is 1. The van der Waals surface area contributed by atoms with E-state index in [1.807, 2.05) is 24.0 Å². The summed E-state index contributed by atoms with van der Waals surface area (Å²) in [5.41, 5.74) is 2.74. The summed E-state index contributed by atoms with van der Waals surface area (Å²) in [6, 6.07) is 8.72. The molecule has 0 radical (unpaired) electrons. The van der Waals surface area contributed by atoms with Gasteiger partial charge in [-0.25, -0.2) is 4.79 Å². The third-order valence-corrected chi connectivity index (χ3v) is 4.22. The number of nitrogens with one attached hydrogen (secondary N) is 1. The van der Waals surface area contributed by atoms with E-state index in [2.05, 4.69) is 10.2 Å². The van der Waals surface area contributed by atoms with Crippen molar-refractivity contribution >= 4 is 11.9 Å². The van der Waals surface area contributed by atoms with E-state index in [1.54, 1.807) is 18.2 Å². The average Bonchev–Trinajstić information content (AvgIpc) is 3.16. The van der Waals surface area contributed by atoms with Crippen LogP contribution in [0.1, 0.15) is 38.5 Å². The minimum absolute atomic E-state index is 0.0296. The van der Waals surface area contributed by atoms with Gasteiger partial charge in [-0.15, -0.1) is 0 Å². The molecule has 2 aromatic rings. The van der Waals surface area contributed by atoms with Gasteiger partial charge in [-0.3, -0.25) is 9.89 Å². The first-order valence-corrected chi connectivity index (χ1v) is 7.66. The minimum atomic E-state index is -0.913. The summed E-state index contributed by atoms with van der Waals surface area (Å²) in [5, 5.41) is 15.7. The molecule has 120 valence electrons. The molecule has 1 aromatic carbocycles. The summed E-state index contributed by atoms with van der Waals surface area (Å²) >= 11 is 0. The maximum atomic E-state index is 12.4. The van der Waals surface area contributed by atoms with Crippen molar-refractivity contribution in [1.29, 1.82) is 0 Å². The van der Waals surface area contributed by atoms with Gasteiger partial charge in [0.05, 0.1) is 5.56 Å². The first kappa shape index (κ1) is 15.3. The Morgan fingerprint density at radius 2 is 2.09 bits per heavy atom. The molecule has 3 rings (SSSR count). The number of amides is 1. The molecular weight excluding hydrogens is 294 g/mol. The van der Waals surface area contributed by atoms with Gasteiger partial charge in [-0.05, 0) is 49.4 Å². The van der Waals surface area contributed by atoms with Crippen LogP contribution in [-0.2, 0) is 6.42 Å². The number of carboxylic acid groups (broad SMARTS) is 1.